The van der Waals surface area contributed by atoms with Gasteiger partial charge in [0, 0.05) is 16.8 Å². The molecule has 0 saturated heterocycles. The fourth-order valence-electron chi connectivity index (χ4n) is 3.41. The second-order valence-electron chi connectivity index (χ2n) is 7.56. The van der Waals surface area contributed by atoms with Gasteiger partial charge >= 0.3 is 0 Å². The maximum Gasteiger partial charge on any atom is 0.241 e. The number of thiophene rings is 1. The van der Waals surface area contributed by atoms with E-state index < -0.39 is 9.73 Å². The lowest BCUT2D eigenvalue weighted by atomic mass is 10.2. The van der Waals surface area contributed by atoms with Crippen molar-refractivity contribution in [1.29, 1.82) is 0 Å². The predicted octanol–water partition coefficient (Wildman–Crippen LogP) is 5.17. The Bertz CT molecular complexity index is 1380. The Hall–Kier alpha value is -3.60. The van der Waals surface area contributed by atoms with Gasteiger partial charge in [-0.15, -0.1) is 11.3 Å². The van der Waals surface area contributed by atoms with Crippen molar-refractivity contribution in [1.82, 2.24) is 9.97 Å². The van der Waals surface area contributed by atoms with Crippen molar-refractivity contribution in [3.8, 4) is 10.4 Å². The molecule has 10 heteroatoms. The number of carbonyl (C=O) groups excluding carboxylic acids is 1. The van der Waals surface area contributed by atoms with Crippen LogP contribution < -0.4 is 10.6 Å². The highest BCUT2D eigenvalue weighted by atomic mass is 32.2. The van der Waals surface area contributed by atoms with Crippen molar-refractivity contribution in [2.45, 2.75) is 29.2 Å². The van der Waals surface area contributed by atoms with Gasteiger partial charge in [0.2, 0.25) is 12.4 Å². The minimum Gasteiger partial charge on any atom is -0.394 e. The molecule has 0 aliphatic heterocycles. The quantitative estimate of drug-likeness (QED) is 0.253. The maximum absolute atomic E-state index is 13.5. The highest BCUT2D eigenvalue weighted by Crippen LogP contribution is 2.32. The van der Waals surface area contributed by atoms with Crippen LogP contribution in [0.3, 0.4) is 0 Å². The summed E-state index contributed by atoms with van der Waals surface area (Å²) < 4.78 is 17.3. The Labute approximate surface area is 208 Å². The highest BCUT2D eigenvalue weighted by molar-refractivity contribution is 7.94. The number of carbonyl (C=O) groups is 1. The Morgan fingerprint density at radius 2 is 1.83 bits per heavy atom. The van der Waals surface area contributed by atoms with Crippen LogP contribution in [0.15, 0.2) is 92.5 Å². The lowest BCUT2D eigenvalue weighted by Crippen LogP contribution is -2.23. The molecule has 0 fully saturated rings. The van der Waals surface area contributed by atoms with Gasteiger partial charge in [-0.25, -0.2) is 9.19 Å². The minimum absolute atomic E-state index is 0.0128. The first-order valence-corrected chi connectivity index (χ1v) is 13.4. The number of nitrogens with zero attached hydrogens (tertiary/aromatic N) is 3. The van der Waals surface area contributed by atoms with Crippen LogP contribution in [0.2, 0.25) is 0 Å². The molecule has 0 aliphatic rings. The van der Waals surface area contributed by atoms with E-state index in [1.54, 1.807) is 66.1 Å². The van der Waals surface area contributed by atoms with Gasteiger partial charge in [0.25, 0.3) is 0 Å². The molecule has 2 aromatic heterocycles. The van der Waals surface area contributed by atoms with Crippen LogP contribution >= 0.6 is 11.3 Å². The first kappa shape index (κ1) is 24.5. The van der Waals surface area contributed by atoms with E-state index in [9.17, 15) is 14.1 Å². The average molecular weight is 508 g/mol. The molecule has 2 atom stereocenters. The Morgan fingerprint density at radius 3 is 2.46 bits per heavy atom. The first-order valence-electron chi connectivity index (χ1n) is 11.0. The van der Waals surface area contributed by atoms with Crippen molar-refractivity contribution in [2.24, 2.45) is 4.36 Å². The zero-order chi connectivity index (χ0) is 24.7. The van der Waals surface area contributed by atoms with Crippen molar-refractivity contribution in [3.63, 3.8) is 0 Å². The van der Waals surface area contributed by atoms with E-state index in [1.807, 2.05) is 30.5 Å². The number of aliphatic hydroxyl groups excluding tert-OH is 1. The molecule has 1 amide bonds. The normalized spacial score (nSPS) is 13.4. The molecule has 0 aliphatic carbocycles. The van der Waals surface area contributed by atoms with Gasteiger partial charge in [-0.05, 0) is 54.3 Å². The number of hydrogen-bond donors (Lipinski definition) is 3. The summed E-state index contributed by atoms with van der Waals surface area (Å²) in [4.78, 5) is 22.2. The van der Waals surface area contributed by atoms with Crippen LogP contribution in [-0.4, -0.2) is 38.3 Å². The number of aliphatic hydroxyl groups is 1. The maximum atomic E-state index is 13.5. The summed E-state index contributed by atoms with van der Waals surface area (Å²) >= 11 is 1.58. The third-order valence-corrected chi connectivity index (χ3v) is 8.42. The zero-order valence-electron chi connectivity index (χ0n) is 19.0. The second kappa shape index (κ2) is 11.2. The SMILES string of the molecule is CC[C@H](CO)Nc1nc(Nc2ccc(S(=O)(=NC=O)c3ccccc3)cc2)ncc1-c1cccs1. The molecule has 2 heterocycles. The molecule has 180 valence electrons. The number of nitrogens with one attached hydrogen (secondary N) is 2. The largest absolute Gasteiger partial charge is 0.394 e. The number of amides is 1. The fraction of sp³-hybridized carbons (Fsp3) is 0.160. The van der Waals surface area contributed by atoms with Crippen molar-refractivity contribution >= 4 is 44.9 Å². The second-order valence-corrected chi connectivity index (χ2v) is 10.7. The van der Waals surface area contributed by atoms with Gasteiger partial charge < -0.3 is 15.7 Å². The number of aromatic nitrogens is 2. The van der Waals surface area contributed by atoms with E-state index >= 15 is 0 Å². The lowest BCUT2D eigenvalue weighted by Gasteiger charge is -2.18. The third kappa shape index (κ3) is 5.56. The van der Waals surface area contributed by atoms with Gasteiger partial charge in [-0.1, -0.05) is 31.2 Å². The summed E-state index contributed by atoms with van der Waals surface area (Å²) in [6, 6.07) is 19.4. The van der Waals surface area contributed by atoms with Gasteiger partial charge in [0.1, 0.15) is 15.5 Å². The Kier molecular flexibility index (Phi) is 7.86. The van der Waals surface area contributed by atoms with Gasteiger partial charge in [-0.3, -0.25) is 4.79 Å². The summed E-state index contributed by atoms with van der Waals surface area (Å²) in [5.41, 5.74) is 1.53. The van der Waals surface area contributed by atoms with Crippen LogP contribution in [0.5, 0.6) is 0 Å². The molecule has 0 radical (unpaired) electrons. The molecule has 0 bridgehead atoms. The van der Waals surface area contributed by atoms with E-state index in [0.717, 1.165) is 16.9 Å². The third-order valence-electron chi connectivity index (χ3n) is 5.31. The number of hydrogen-bond acceptors (Lipinski definition) is 8. The Balaban J connectivity index is 1.62. The summed E-state index contributed by atoms with van der Waals surface area (Å²) in [5, 5.41) is 18.1. The van der Waals surface area contributed by atoms with E-state index in [1.165, 1.54) is 0 Å². The first-order chi connectivity index (χ1) is 17.1. The van der Waals surface area contributed by atoms with E-state index in [2.05, 4.69) is 25.0 Å². The van der Waals surface area contributed by atoms with E-state index in [4.69, 9.17) is 0 Å². The number of rotatable bonds is 10. The average Bonchev–Trinajstić information content (AvgIpc) is 3.43. The molecule has 4 rings (SSSR count). The van der Waals surface area contributed by atoms with Crippen molar-refractivity contribution in [2.75, 3.05) is 17.2 Å². The fourth-order valence-corrected chi connectivity index (χ4v) is 5.81. The summed E-state index contributed by atoms with van der Waals surface area (Å²) in [6.45, 7) is 1.98. The molecule has 3 N–H and O–H groups in total. The van der Waals surface area contributed by atoms with Crippen molar-refractivity contribution < 1.29 is 14.1 Å². The minimum atomic E-state index is -3.08. The molecule has 35 heavy (non-hydrogen) atoms. The monoisotopic (exact) mass is 507 g/mol. The topological polar surface area (TPSA) is 117 Å². The van der Waals surface area contributed by atoms with Gasteiger partial charge in [-0.2, -0.15) is 9.35 Å². The highest BCUT2D eigenvalue weighted by Gasteiger charge is 2.17. The molecular formula is C25H25N5O3S2. The van der Waals surface area contributed by atoms with Gasteiger partial charge in [0.15, 0.2) is 0 Å². The molecule has 4 aromatic rings. The Morgan fingerprint density at radius 1 is 1.09 bits per heavy atom. The van der Waals surface area contributed by atoms with Crippen LogP contribution in [0.1, 0.15) is 13.3 Å². The smallest absolute Gasteiger partial charge is 0.241 e. The zero-order valence-corrected chi connectivity index (χ0v) is 20.6. The lowest BCUT2D eigenvalue weighted by molar-refractivity contribution is -0.106. The molecular weight excluding hydrogens is 482 g/mol. The molecule has 2 aromatic carbocycles. The molecule has 8 nitrogen and oxygen atoms in total. The van der Waals surface area contributed by atoms with Crippen LogP contribution in [0.4, 0.5) is 17.5 Å². The number of benzene rings is 2. The molecule has 1 unspecified atom stereocenters. The summed E-state index contributed by atoms with van der Waals surface area (Å²) in [5.74, 6) is 0.995. The molecule has 0 spiro atoms. The summed E-state index contributed by atoms with van der Waals surface area (Å²) in [6.07, 6.45) is 2.81. The van der Waals surface area contributed by atoms with Crippen LogP contribution in [0, 0.1) is 0 Å². The van der Waals surface area contributed by atoms with Crippen LogP contribution in [0.25, 0.3) is 10.4 Å². The van der Waals surface area contributed by atoms with Crippen LogP contribution in [-0.2, 0) is 14.5 Å². The number of anilines is 3. The molecule has 0 saturated carbocycles. The van der Waals surface area contributed by atoms with Crippen molar-refractivity contribution in [3.05, 3.63) is 78.3 Å². The summed E-state index contributed by atoms with van der Waals surface area (Å²) in [7, 11) is -3.08. The van der Waals surface area contributed by atoms with E-state index in [-0.39, 0.29) is 12.6 Å². The van der Waals surface area contributed by atoms with Gasteiger partial charge in [0.05, 0.1) is 28.0 Å². The predicted molar refractivity (Wildman–Crippen MR) is 139 cm³/mol. The standard InChI is InChI=1S/C25H25N5O3S2/c1-2-18(16-31)28-24-22(23-9-6-14-34-23)15-26-25(30-24)29-19-10-12-21(13-11-19)35(33,27-17-32)20-7-4-3-5-8-20/h3-15,17-18,31H,2,16H2,1H3,(H2,26,28,29,30)/t18-,35?/m1/s1. The van der Waals surface area contributed by atoms with E-state index in [0.29, 0.717) is 33.7 Å².